The number of carbonyl (C=O) groups excluding carboxylic acids is 1. The summed E-state index contributed by atoms with van der Waals surface area (Å²) in [6.07, 6.45) is 0.148. The van der Waals surface area contributed by atoms with E-state index in [4.69, 9.17) is 11.6 Å². The Morgan fingerprint density at radius 2 is 2.25 bits per heavy atom. The summed E-state index contributed by atoms with van der Waals surface area (Å²) in [7, 11) is 0. The molecule has 16 heavy (non-hydrogen) atoms. The predicted octanol–water partition coefficient (Wildman–Crippen LogP) is 2.50. The van der Waals surface area contributed by atoms with Gasteiger partial charge in [-0.15, -0.1) is 0 Å². The third-order valence-electron chi connectivity index (χ3n) is 1.63. The van der Waals surface area contributed by atoms with Gasteiger partial charge in [0.05, 0.1) is 11.0 Å². The number of nitrogens with zero attached hydrogens (tertiary/aromatic N) is 1. The van der Waals surface area contributed by atoms with Gasteiger partial charge >= 0.3 is 5.97 Å². The van der Waals surface area contributed by atoms with Gasteiger partial charge < -0.3 is 0 Å². The van der Waals surface area contributed by atoms with E-state index in [9.17, 15) is 14.9 Å². The summed E-state index contributed by atoms with van der Waals surface area (Å²) in [4.78, 5) is 29.6. The number of rotatable bonds is 4. The molecule has 86 valence electrons. The number of halogens is 1. The van der Waals surface area contributed by atoms with Crippen molar-refractivity contribution in [2.75, 3.05) is 0 Å². The molecule has 0 heterocycles. The maximum atomic E-state index is 10.8. The Balaban J connectivity index is 2.79. The van der Waals surface area contributed by atoms with Crippen molar-refractivity contribution in [3.8, 4) is 5.75 Å². The summed E-state index contributed by atoms with van der Waals surface area (Å²) in [5, 5.41) is 10.5. The van der Waals surface area contributed by atoms with Crippen molar-refractivity contribution in [1.82, 2.24) is 0 Å². The fourth-order valence-electron chi connectivity index (χ4n) is 0.838. The number of carbonyl (C=O) groups is 1. The molecule has 0 aliphatic rings. The standard InChI is InChI=1S/C9H8ClNO5/c1-2-9(12)16-15-6-3-4-7(10)8(5-6)11(13)14/h3-5H,2H2,1H3. The Bertz CT molecular complexity index is 420. The van der Waals surface area contributed by atoms with Crippen LogP contribution in [0.2, 0.25) is 5.02 Å². The second-order valence-corrected chi connectivity index (χ2v) is 3.17. The topological polar surface area (TPSA) is 78.7 Å². The largest absolute Gasteiger partial charge is 0.355 e. The van der Waals surface area contributed by atoms with Gasteiger partial charge in [0.2, 0.25) is 0 Å². The van der Waals surface area contributed by atoms with Crippen LogP contribution in [0.3, 0.4) is 0 Å². The highest BCUT2D eigenvalue weighted by atomic mass is 35.5. The Labute approximate surface area is 95.8 Å². The van der Waals surface area contributed by atoms with Crippen molar-refractivity contribution >= 4 is 23.3 Å². The molecular formula is C9H8ClNO5. The summed E-state index contributed by atoms with van der Waals surface area (Å²) in [5.74, 6) is -0.532. The van der Waals surface area contributed by atoms with Crippen LogP contribution in [0.15, 0.2) is 18.2 Å². The lowest BCUT2D eigenvalue weighted by atomic mass is 10.3. The third kappa shape index (κ3) is 3.09. The van der Waals surface area contributed by atoms with E-state index in [0.717, 1.165) is 6.07 Å². The molecule has 1 aromatic rings. The van der Waals surface area contributed by atoms with Gasteiger partial charge in [0.25, 0.3) is 5.69 Å². The van der Waals surface area contributed by atoms with Crippen LogP contribution in [-0.4, -0.2) is 10.9 Å². The van der Waals surface area contributed by atoms with Crippen molar-refractivity contribution in [1.29, 1.82) is 0 Å². The molecule has 0 fully saturated rings. The zero-order valence-electron chi connectivity index (χ0n) is 8.31. The zero-order chi connectivity index (χ0) is 12.1. The summed E-state index contributed by atoms with van der Waals surface area (Å²) >= 11 is 5.58. The van der Waals surface area contributed by atoms with Gasteiger partial charge in [-0.1, -0.05) is 18.5 Å². The minimum Gasteiger partial charge on any atom is -0.287 e. The van der Waals surface area contributed by atoms with Crippen LogP contribution in [0, 0.1) is 10.1 Å². The molecule has 0 saturated heterocycles. The molecule has 0 aromatic heterocycles. The van der Waals surface area contributed by atoms with Crippen molar-refractivity contribution in [3.05, 3.63) is 33.3 Å². The first-order chi connectivity index (χ1) is 7.54. The smallest absolute Gasteiger partial charge is 0.287 e. The Kier molecular flexibility index (Phi) is 4.07. The van der Waals surface area contributed by atoms with Crippen LogP contribution in [0.5, 0.6) is 5.75 Å². The lowest BCUT2D eigenvalue weighted by molar-refractivity contribution is -0.384. The minimum atomic E-state index is -0.656. The molecule has 1 aromatic carbocycles. The summed E-state index contributed by atoms with van der Waals surface area (Å²) < 4.78 is 0. The molecular weight excluding hydrogens is 238 g/mol. The summed E-state index contributed by atoms with van der Waals surface area (Å²) in [5.41, 5.74) is -0.313. The van der Waals surface area contributed by atoms with E-state index in [-0.39, 0.29) is 22.9 Å². The maximum absolute atomic E-state index is 10.8. The summed E-state index contributed by atoms with van der Waals surface area (Å²) in [6.45, 7) is 1.59. The Morgan fingerprint density at radius 1 is 1.56 bits per heavy atom. The monoisotopic (exact) mass is 245 g/mol. The van der Waals surface area contributed by atoms with E-state index in [0.29, 0.717) is 0 Å². The van der Waals surface area contributed by atoms with Crippen LogP contribution in [0.1, 0.15) is 13.3 Å². The Hall–Kier alpha value is -1.82. The highest BCUT2D eigenvalue weighted by molar-refractivity contribution is 6.32. The van der Waals surface area contributed by atoms with Crippen LogP contribution in [0.4, 0.5) is 5.69 Å². The second-order valence-electron chi connectivity index (χ2n) is 2.76. The SMILES string of the molecule is CCC(=O)OOc1ccc(Cl)c([N+](=O)[O-])c1. The summed E-state index contributed by atoms with van der Waals surface area (Å²) in [6, 6.07) is 3.72. The fourth-order valence-corrected chi connectivity index (χ4v) is 1.02. The molecule has 0 spiro atoms. The number of hydrogen-bond donors (Lipinski definition) is 0. The lowest BCUT2D eigenvalue weighted by Crippen LogP contribution is -2.06. The molecule has 6 nitrogen and oxygen atoms in total. The van der Waals surface area contributed by atoms with E-state index in [1.807, 2.05) is 0 Å². The van der Waals surface area contributed by atoms with Crippen LogP contribution >= 0.6 is 11.6 Å². The molecule has 0 radical (unpaired) electrons. The molecule has 0 bridgehead atoms. The number of nitro groups is 1. The van der Waals surface area contributed by atoms with E-state index in [1.54, 1.807) is 6.92 Å². The fraction of sp³-hybridized carbons (Fsp3) is 0.222. The van der Waals surface area contributed by atoms with Gasteiger partial charge in [-0.25, -0.2) is 4.79 Å². The van der Waals surface area contributed by atoms with E-state index < -0.39 is 10.9 Å². The number of benzene rings is 1. The van der Waals surface area contributed by atoms with Gasteiger partial charge in [0.15, 0.2) is 5.75 Å². The van der Waals surface area contributed by atoms with Crippen molar-refractivity contribution < 1.29 is 19.5 Å². The quantitative estimate of drug-likeness (QED) is 0.463. The average molecular weight is 246 g/mol. The van der Waals surface area contributed by atoms with Crippen LogP contribution in [0.25, 0.3) is 0 Å². The molecule has 0 saturated carbocycles. The van der Waals surface area contributed by atoms with Crippen molar-refractivity contribution in [3.63, 3.8) is 0 Å². The highest BCUT2D eigenvalue weighted by Gasteiger charge is 2.14. The predicted molar refractivity (Wildman–Crippen MR) is 55.1 cm³/mol. The number of hydrogen-bond acceptors (Lipinski definition) is 5. The van der Waals surface area contributed by atoms with Crippen LogP contribution < -0.4 is 4.89 Å². The molecule has 0 aliphatic heterocycles. The molecule has 0 amide bonds. The first kappa shape index (κ1) is 12.3. The molecule has 0 unspecified atom stereocenters. The van der Waals surface area contributed by atoms with Gasteiger partial charge in [-0.2, -0.15) is 0 Å². The van der Waals surface area contributed by atoms with Crippen LogP contribution in [-0.2, 0) is 9.68 Å². The third-order valence-corrected chi connectivity index (χ3v) is 1.95. The molecule has 0 N–H and O–H groups in total. The van der Waals surface area contributed by atoms with Gasteiger partial charge in [0.1, 0.15) is 5.02 Å². The van der Waals surface area contributed by atoms with E-state index in [2.05, 4.69) is 9.78 Å². The Morgan fingerprint density at radius 3 is 2.81 bits per heavy atom. The van der Waals surface area contributed by atoms with Gasteiger partial charge in [-0.3, -0.25) is 19.9 Å². The first-order valence-corrected chi connectivity index (χ1v) is 4.73. The molecule has 1 rings (SSSR count). The van der Waals surface area contributed by atoms with Crippen molar-refractivity contribution in [2.24, 2.45) is 0 Å². The van der Waals surface area contributed by atoms with E-state index >= 15 is 0 Å². The zero-order valence-corrected chi connectivity index (χ0v) is 9.06. The van der Waals surface area contributed by atoms with Crippen molar-refractivity contribution in [2.45, 2.75) is 13.3 Å². The minimum absolute atomic E-state index is 0.0147. The van der Waals surface area contributed by atoms with E-state index in [1.165, 1.54) is 12.1 Å². The highest BCUT2D eigenvalue weighted by Crippen LogP contribution is 2.28. The average Bonchev–Trinajstić information content (AvgIpc) is 2.27. The lowest BCUT2D eigenvalue weighted by Gasteiger charge is -2.03. The second kappa shape index (κ2) is 5.32. The first-order valence-electron chi connectivity index (χ1n) is 4.36. The normalized spacial score (nSPS) is 9.62. The van der Waals surface area contributed by atoms with Gasteiger partial charge in [-0.05, 0) is 12.1 Å². The molecule has 0 atom stereocenters. The maximum Gasteiger partial charge on any atom is 0.355 e. The molecule has 7 heteroatoms. The van der Waals surface area contributed by atoms with Gasteiger partial charge in [0, 0.05) is 6.42 Å². The molecule has 0 aliphatic carbocycles. The number of nitro benzene ring substituents is 1.